The molecule has 4 aliphatic heterocycles. The zero-order chi connectivity index (χ0) is 62.6. The molecule has 4 saturated heterocycles. The van der Waals surface area contributed by atoms with Crippen molar-refractivity contribution in [2.45, 2.75) is 225 Å². The van der Waals surface area contributed by atoms with Gasteiger partial charge in [-0.15, -0.1) is 5.48 Å². The van der Waals surface area contributed by atoms with Crippen molar-refractivity contribution in [3.8, 4) is 0 Å². The van der Waals surface area contributed by atoms with E-state index in [1.165, 1.54) is 32.6 Å². The smallest absolute Gasteiger partial charge is 0.347 e. The third kappa shape index (κ3) is 17.9. The number of amides is 9. The van der Waals surface area contributed by atoms with Crippen molar-refractivity contribution in [3.63, 3.8) is 0 Å². The first-order valence-electron chi connectivity index (χ1n) is 28.0. The number of nitrogens with zero attached hydrogens (tertiary/aromatic N) is 1. The van der Waals surface area contributed by atoms with E-state index in [4.69, 9.17) is 23.8 Å². The minimum absolute atomic E-state index is 0.0356. The Bertz CT molecular complexity index is 2300. The Morgan fingerprint density at radius 1 is 0.566 bits per heavy atom. The number of rotatable bonds is 12. The SMILES string of the molecule is CC(=O)N[C@H]1[C@@H](O[C@H](C)[C@@H]2NOC(=O)[C@H](C)NC(=O)[C@H](C(C)C)NC(=O)[C@H](C(C)C)NC(=O)[C@H](C(C)C)NC(=O)[C@H](C)NC(=O)[C@H](C)NC(=O)[C@@H]3CCCN3C(=O)[C@H](C(C)C)NC2=O)O[C@H](CO)[C@H](O)[C@@H]1O[C@@H]1O[C@H](CO)[C@H](O)[C@H](O)[C@H]1O. The summed E-state index contributed by atoms with van der Waals surface area (Å²) < 4.78 is 23.6. The largest absolute Gasteiger partial charge is 0.394 e. The lowest BCUT2D eigenvalue weighted by Crippen LogP contribution is -2.69. The molecule has 0 radical (unpaired) electrons. The van der Waals surface area contributed by atoms with Gasteiger partial charge in [-0.2, -0.15) is 0 Å². The molecule has 4 fully saturated rings. The second-order valence-electron chi connectivity index (χ2n) is 22.9. The van der Waals surface area contributed by atoms with Crippen molar-refractivity contribution in [1.29, 1.82) is 0 Å². The van der Waals surface area contributed by atoms with Gasteiger partial charge < -0.3 is 102 Å². The minimum Gasteiger partial charge on any atom is -0.394 e. The molecule has 31 heteroatoms. The van der Waals surface area contributed by atoms with Crippen molar-refractivity contribution in [2.24, 2.45) is 23.7 Å². The van der Waals surface area contributed by atoms with E-state index >= 15 is 0 Å². The molecule has 0 aromatic heterocycles. The van der Waals surface area contributed by atoms with Crippen LogP contribution < -0.4 is 48.0 Å². The van der Waals surface area contributed by atoms with Crippen LogP contribution in [-0.2, 0) is 71.7 Å². The van der Waals surface area contributed by atoms with Crippen LogP contribution in [0.5, 0.6) is 0 Å². The van der Waals surface area contributed by atoms with Gasteiger partial charge in [-0.25, -0.2) is 4.79 Å². The fraction of sp³-hybridized carbons (Fsp3) is 0.808. The number of aliphatic hydroxyl groups is 6. The van der Waals surface area contributed by atoms with Crippen LogP contribution in [-0.4, -0.2) is 236 Å². The van der Waals surface area contributed by atoms with Crippen LogP contribution in [0.4, 0.5) is 0 Å². The highest BCUT2D eigenvalue weighted by molar-refractivity contribution is 5.98. The molecule has 4 heterocycles. The van der Waals surface area contributed by atoms with E-state index in [0.29, 0.717) is 6.42 Å². The summed E-state index contributed by atoms with van der Waals surface area (Å²) >= 11 is 0. The summed E-state index contributed by atoms with van der Waals surface area (Å²) in [5.41, 5.74) is 2.33. The number of nitrogens with one attached hydrogen (secondary N) is 9. The van der Waals surface area contributed by atoms with Crippen molar-refractivity contribution in [1.82, 2.24) is 52.9 Å². The average molecular weight is 1190 g/mol. The molecule has 0 aromatic carbocycles. The molecule has 9 amide bonds. The van der Waals surface area contributed by atoms with Crippen LogP contribution in [0.15, 0.2) is 0 Å². The Hall–Kier alpha value is -5.74. The van der Waals surface area contributed by atoms with Gasteiger partial charge in [0, 0.05) is 13.5 Å². The van der Waals surface area contributed by atoms with E-state index in [1.807, 2.05) is 0 Å². The summed E-state index contributed by atoms with van der Waals surface area (Å²) in [6.45, 7) is 17.4. The van der Waals surface area contributed by atoms with Gasteiger partial charge >= 0.3 is 5.97 Å². The van der Waals surface area contributed by atoms with Crippen LogP contribution in [0.3, 0.4) is 0 Å². The molecule has 83 heavy (non-hydrogen) atoms. The number of aliphatic hydroxyl groups excluding tert-OH is 6. The van der Waals surface area contributed by atoms with Crippen LogP contribution in [0, 0.1) is 23.7 Å². The standard InChI is InChI=1S/C52H88N10O21/c1-19(2)31-45(73)55-25(11)50(78)83-61-35(26(12)79-51-36(56-27(13)65)41(38(67)30(18-64)80-51)82-52-40(69)39(68)37(66)29(17-63)81-52)48(76)60-34(22(7)8)49(77)62-16-14-15-28(62)44(72)54-23(9)42(70)53-24(10)43(71)57-32(20(3)4)46(74)59-33(21(5)6)47(75)58-31/h19-26,28-41,51-52,61,63-64,66-69H,14-18H2,1-13H3,(H,53,70)(H,54,72)(H,55,73)(H,56,65)(H,57,71)(H,58,75)(H,59,74)(H,60,76)/t23-,24-,25-,26+,28-,29+,30+,31-,32-,33-,34-,35-,36+,37-,38-,39-,40+,41+,51-,52-/m0/s1. The van der Waals surface area contributed by atoms with E-state index in [-0.39, 0.29) is 13.0 Å². The Labute approximate surface area is 481 Å². The van der Waals surface area contributed by atoms with E-state index in [0.717, 1.165) is 6.92 Å². The summed E-state index contributed by atoms with van der Waals surface area (Å²) in [5, 5.41) is 84.0. The third-order valence-electron chi connectivity index (χ3n) is 14.8. The maximum atomic E-state index is 14.8. The summed E-state index contributed by atoms with van der Waals surface area (Å²) in [6.07, 6.45) is -17.4. The first-order valence-corrected chi connectivity index (χ1v) is 28.0. The molecule has 0 unspecified atom stereocenters. The number of ether oxygens (including phenoxy) is 4. The monoisotopic (exact) mass is 1190 g/mol. The number of hydrogen-bond donors (Lipinski definition) is 15. The van der Waals surface area contributed by atoms with Crippen LogP contribution in [0.25, 0.3) is 0 Å². The number of fused-ring (bicyclic) bond motifs is 1. The minimum atomic E-state index is -2.01. The average Bonchev–Trinajstić information content (AvgIpc) is 3.81. The first kappa shape index (κ1) is 69.8. The van der Waals surface area contributed by atoms with E-state index in [1.54, 1.807) is 55.4 Å². The van der Waals surface area contributed by atoms with Gasteiger partial charge in [0.25, 0.3) is 0 Å². The van der Waals surface area contributed by atoms with E-state index < -0.39 is 218 Å². The molecule has 31 nitrogen and oxygen atoms in total. The molecular formula is C52H88N10O21. The van der Waals surface area contributed by atoms with Gasteiger partial charge in [0.2, 0.25) is 53.2 Å². The maximum Gasteiger partial charge on any atom is 0.347 e. The lowest BCUT2D eigenvalue weighted by atomic mass is 9.95. The number of hydrogen-bond acceptors (Lipinski definition) is 22. The fourth-order valence-electron chi connectivity index (χ4n) is 9.68. The van der Waals surface area contributed by atoms with E-state index in [2.05, 4.69) is 48.0 Å². The maximum absolute atomic E-state index is 14.8. The molecule has 20 atom stereocenters. The normalized spacial score (nSPS) is 36.1. The quantitative estimate of drug-likeness (QED) is 0.0864. The molecule has 0 aliphatic carbocycles. The highest BCUT2D eigenvalue weighted by Crippen LogP contribution is 2.31. The molecule has 0 saturated carbocycles. The van der Waals surface area contributed by atoms with Crippen molar-refractivity contribution >= 4 is 59.1 Å². The van der Waals surface area contributed by atoms with Gasteiger partial charge in [-0.05, 0) is 64.2 Å². The third-order valence-corrected chi connectivity index (χ3v) is 14.8. The summed E-state index contributed by atoms with van der Waals surface area (Å²) in [7, 11) is 0. The first-order chi connectivity index (χ1) is 38.8. The molecule has 0 bridgehead atoms. The van der Waals surface area contributed by atoms with E-state index in [9.17, 15) is 78.6 Å². The Morgan fingerprint density at radius 2 is 1.00 bits per heavy atom. The molecule has 4 aliphatic rings. The lowest BCUT2D eigenvalue weighted by Gasteiger charge is -2.48. The summed E-state index contributed by atoms with van der Waals surface area (Å²) in [6, 6.07) is -14.0. The highest BCUT2D eigenvalue weighted by atomic mass is 16.7. The van der Waals surface area contributed by atoms with Crippen LogP contribution >= 0.6 is 0 Å². The number of hydroxylamine groups is 1. The van der Waals surface area contributed by atoms with Gasteiger partial charge in [0.1, 0.15) is 103 Å². The topological polar surface area (TPSA) is 450 Å². The molecule has 0 aromatic rings. The van der Waals surface area contributed by atoms with Crippen molar-refractivity contribution in [3.05, 3.63) is 0 Å². The zero-order valence-electron chi connectivity index (χ0n) is 49.1. The van der Waals surface area contributed by atoms with Gasteiger partial charge in [0.05, 0.1) is 19.3 Å². The fourth-order valence-corrected chi connectivity index (χ4v) is 9.68. The molecule has 0 spiro atoms. The van der Waals surface area contributed by atoms with Crippen LogP contribution in [0.2, 0.25) is 0 Å². The Balaban J connectivity index is 1.77. The van der Waals surface area contributed by atoms with Gasteiger partial charge in [-0.1, -0.05) is 55.4 Å². The summed E-state index contributed by atoms with van der Waals surface area (Å²) in [5.74, 6) is -11.1. The lowest BCUT2D eigenvalue weighted by molar-refractivity contribution is -0.347. The van der Waals surface area contributed by atoms with Gasteiger partial charge in [0.15, 0.2) is 12.6 Å². The zero-order valence-corrected chi connectivity index (χ0v) is 49.1. The van der Waals surface area contributed by atoms with Crippen LogP contribution in [0.1, 0.15) is 103 Å². The number of carbonyl (C=O) groups is 10. The molecule has 15 N–H and O–H groups in total. The Morgan fingerprint density at radius 3 is 1.51 bits per heavy atom. The van der Waals surface area contributed by atoms with Crippen molar-refractivity contribution in [2.75, 3.05) is 19.8 Å². The Kier molecular flexibility index (Phi) is 26.0. The second kappa shape index (κ2) is 30.9. The molecular weight excluding hydrogens is 1100 g/mol. The summed E-state index contributed by atoms with van der Waals surface area (Å²) in [4.78, 5) is 145. The van der Waals surface area contributed by atoms with Gasteiger partial charge in [-0.3, -0.25) is 43.2 Å². The highest BCUT2D eigenvalue weighted by Gasteiger charge is 2.53. The predicted octanol–water partition coefficient (Wildman–Crippen LogP) is -6.34. The van der Waals surface area contributed by atoms with Crippen molar-refractivity contribution < 1.29 is 102 Å². The molecule has 472 valence electrons. The predicted molar refractivity (Wildman–Crippen MR) is 286 cm³/mol. The second-order valence-corrected chi connectivity index (χ2v) is 22.9. The molecule has 4 rings (SSSR count). The number of carbonyl (C=O) groups excluding carboxylic acids is 10.